The van der Waals surface area contributed by atoms with Crippen molar-refractivity contribution in [2.75, 3.05) is 6.61 Å². The van der Waals surface area contributed by atoms with Crippen LogP contribution in [0.2, 0.25) is 28.2 Å². The van der Waals surface area contributed by atoms with Crippen molar-refractivity contribution in [2.24, 2.45) is 0 Å². The van der Waals surface area contributed by atoms with Gasteiger partial charge in [-0.25, -0.2) is 0 Å². The van der Waals surface area contributed by atoms with Crippen LogP contribution < -0.4 is 0 Å². The van der Waals surface area contributed by atoms with Crippen LogP contribution >= 0.6 is 23.2 Å². The molecule has 1 aromatic carbocycles. The lowest BCUT2D eigenvalue weighted by atomic mass is 10.0. The summed E-state index contributed by atoms with van der Waals surface area (Å²) < 4.78 is 34.2. The number of alkyl halides is 2. The van der Waals surface area contributed by atoms with Gasteiger partial charge in [0.2, 0.25) is 0 Å². The van der Waals surface area contributed by atoms with Gasteiger partial charge < -0.3 is 9.53 Å². The van der Waals surface area contributed by atoms with E-state index in [4.69, 9.17) is 27.6 Å². The van der Waals surface area contributed by atoms with Crippen molar-refractivity contribution >= 4 is 31.5 Å². The monoisotopic (exact) mass is 396 g/mol. The number of halogens is 4. The van der Waals surface area contributed by atoms with Crippen LogP contribution in [0.3, 0.4) is 0 Å². The summed E-state index contributed by atoms with van der Waals surface area (Å²) in [6.07, 6.45) is -0.248. The Hall–Kier alpha value is -0.463. The van der Waals surface area contributed by atoms with Crippen molar-refractivity contribution in [3.63, 3.8) is 0 Å². The number of aliphatic hydroxyl groups is 1. The Morgan fingerprint density at radius 1 is 1.21 bits per heavy atom. The van der Waals surface area contributed by atoms with Crippen molar-refractivity contribution in [2.45, 2.75) is 50.9 Å². The van der Waals surface area contributed by atoms with E-state index in [9.17, 15) is 13.9 Å². The van der Waals surface area contributed by atoms with Gasteiger partial charge in [-0.2, -0.15) is 8.78 Å². The molecule has 0 aliphatic heterocycles. The number of rotatable bonds is 6. The molecule has 0 heterocycles. The van der Waals surface area contributed by atoms with Gasteiger partial charge in [-0.15, -0.1) is 0 Å². The van der Waals surface area contributed by atoms with E-state index in [2.05, 4.69) is 20.8 Å². The van der Waals surface area contributed by atoms with E-state index in [1.165, 1.54) is 24.3 Å². The second kappa shape index (κ2) is 7.83. The molecule has 136 valence electrons. The lowest BCUT2D eigenvalue weighted by molar-refractivity contribution is -0.0717. The molecule has 0 aliphatic rings. The van der Waals surface area contributed by atoms with E-state index in [0.29, 0.717) is 6.08 Å². The van der Waals surface area contributed by atoms with E-state index in [1.54, 1.807) is 0 Å². The third-order valence-electron chi connectivity index (χ3n) is 4.32. The fraction of sp³-hybridized carbons (Fsp3) is 0.529. The quantitative estimate of drug-likeness (QED) is 0.455. The molecule has 0 spiro atoms. The molecular formula is C17H24Cl2F2O2Si. The zero-order chi connectivity index (χ0) is 18.8. The van der Waals surface area contributed by atoms with Gasteiger partial charge in [0.05, 0.1) is 6.61 Å². The smallest absolute Gasteiger partial charge is 0.296 e. The van der Waals surface area contributed by atoms with Gasteiger partial charge in [0, 0.05) is 15.6 Å². The highest BCUT2D eigenvalue weighted by Gasteiger charge is 2.39. The van der Waals surface area contributed by atoms with Crippen molar-refractivity contribution in [1.29, 1.82) is 0 Å². The van der Waals surface area contributed by atoms with E-state index >= 15 is 0 Å². The first-order chi connectivity index (χ1) is 10.8. The maximum absolute atomic E-state index is 14.2. The van der Waals surface area contributed by atoms with Crippen molar-refractivity contribution in [1.82, 2.24) is 0 Å². The predicted octanol–water partition coefficient (Wildman–Crippen LogP) is 6.24. The normalized spacial score (nSPS) is 15.1. The Morgan fingerprint density at radius 2 is 1.71 bits per heavy atom. The largest absolute Gasteiger partial charge is 0.413 e. The molecule has 0 aliphatic carbocycles. The van der Waals surface area contributed by atoms with Crippen LogP contribution in [0.1, 0.15) is 32.4 Å². The number of benzene rings is 1. The zero-order valence-corrected chi connectivity index (χ0v) is 17.1. The van der Waals surface area contributed by atoms with Crippen LogP contribution in [-0.4, -0.2) is 26.0 Å². The lowest BCUT2D eigenvalue weighted by Gasteiger charge is -2.35. The highest BCUT2D eigenvalue weighted by Crippen LogP contribution is 2.40. The molecule has 1 N–H and O–H groups in total. The molecule has 0 aromatic heterocycles. The van der Waals surface area contributed by atoms with Crippen LogP contribution in [0.5, 0.6) is 0 Å². The molecule has 1 rings (SSSR count). The number of hydrogen-bond donors (Lipinski definition) is 1. The van der Waals surface area contributed by atoms with E-state index in [0.717, 1.165) is 0 Å². The van der Waals surface area contributed by atoms with Crippen molar-refractivity contribution < 1.29 is 18.3 Å². The summed E-state index contributed by atoms with van der Waals surface area (Å²) in [5, 5.41) is 9.99. The third kappa shape index (κ3) is 5.26. The van der Waals surface area contributed by atoms with Gasteiger partial charge in [-0.1, -0.05) is 56.1 Å². The molecule has 2 nitrogen and oxygen atoms in total. The molecule has 1 unspecified atom stereocenters. The second-order valence-electron chi connectivity index (χ2n) is 7.19. The number of hydrogen-bond acceptors (Lipinski definition) is 2. The summed E-state index contributed by atoms with van der Waals surface area (Å²) in [5.41, 5.74) is -0.180. The van der Waals surface area contributed by atoms with Crippen LogP contribution in [0.4, 0.5) is 8.78 Å². The molecule has 0 bridgehead atoms. The van der Waals surface area contributed by atoms with Crippen molar-refractivity contribution in [3.05, 3.63) is 46.0 Å². The SMILES string of the molecule is CC(C)(C)[Si](C)(C)OC/C=C\C(F)(F)C(O)c1c(Cl)cccc1Cl. The Balaban J connectivity index is 2.82. The van der Waals surface area contributed by atoms with Gasteiger partial charge >= 0.3 is 0 Å². The average molecular weight is 397 g/mol. The maximum Gasteiger partial charge on any atom is 0.296 e. The molecule has 0 amide bonds. The van der Waals surface area contributed by atoms with Crippen LogP contribution in [0.15, 0.2) is 30.4 Å². The molecule has 1 aromatic rings. The summed E-state index contributed by atoms with van der Waals surface area (Å²) in [7, 11) is -2.01. The zero-order valence-electron chi connectivity index (χ0n) is 14.5. The van der Waals surface area contributed by atoms with Crippen molar-refractivity contribution in [3.8, 4) is 0 Å². The Labute approximate surface area is 153 Å². The topological polar surface area (TPSA) is 29.5 Å². The molecule has 7 heteroatoms. The maximum atomic E-state index is 14.2. The third-order valence-corrected chi connectivity index (χ3v) is 9.48. The fourth-order valence-corrected chi connectivity index (χ4v) is 3.28. The van der Waals surface area contributed by atoms with Crippen LogP contribution in [0.25, 0.3) is 0 Å². The molecule has 24 heavy (non-hydrogen) atoms. The molecular weight excluding hydrogens is 373 g/mol. The highest BCUT2D eigenvalue weighted by molar-refractivity contribution is 6.74. The van der Waals surface area contributed by atoms with E-state index in [-0.39, 0.29) is 27.3 Å². The summed E-state index contributed by atoms with van der Waals surface area (Å²) in [4.78, 5) is 0. The van der Waals surface area contributed by atoms with Gasteiger partial charge in [0.25, 0.3) is 5.92 Å². The molecule has 0 saturated carbocycles. The van der Waals surface area contributed by atoms with Gasteiger partial charge in [-0.05, 0) is 36.3 Å². The standard InChI is InChI=1S/C17H24Cl2F2O2Si/c1-16(2,3)24(4,5)23-11-7-10-17(20,21)15(22)14-12(18)8-6-9-13(14)19/h6-10,15,22H,11H2,1-5H3/b10-7-. The summed E-state index contributed by atoms with van der Waals surface area (Å²) >= 11 is 11.8. The molecule has 0 fully saturated rings. The second-order valence-corrected chi connectivity index (χ2v) is 12.8. The lowest BCUT2D eigenvalue weighted by Crippen LogP contribution is -2.40. The van der Waals surface area contributed by atoms with Crippen LogP contribution in [-0.2, 0) is 4.43 Å². The number of aliphatic hydroxyl groups excluding tert-OH is 1. The highest BCUT2D eigenvalue weighted by atomic mass is 35.5. The summed E-state index contributed by atoms with van der Waals surface area (Å²) in [6, 6.07) is 4.35. The van der Waals surface area contributed by atoms with Crippen LogP contribution in [0, 0.1) is 0 Å². The first-order valence-electron chi connectivity index (χ1n) is 7.61. The minimum Gasteiger partial charge on any atom is -0.413 e. The predicted molar refractivity (Wildman–Crippen MR) is 98.7 cm³/mol. The van der Waals surface area contributed by atoms with Gasteiger partial charge in [0.1, 0.15) is 6.10 Å². The summed E-state index contributed by atoms with van der Waals surface area (Å²) in [6.45, 7) is 10.4. The van der Waals surface area contributed by atoms with Gasteiger partial charge in [0.15, 0.2) is 8.32 Å². The molecule has 0 radical (unpaired) electrons. The van der Waals surface area contributed by atoms with Gasteiger partial charge in [-0.3, -0.25) is 0 Å². The first kappa shape index (κ1) is 21.6. The Kier molecular flexibility index (Phi) is 7.04. The average Bonchev–Trinajstić information content (AvgIpc) is 2.42. The summed E-state index contributed by atoms with van der Waals surface area (Å²) in [5.74, 6) is -3.51. The Bertz CT molecular complexity index is 578. The van der Waals surface area contributed by atoms with E-state index in [1.807, 2.05) is 13.1 Å². The Morgan fingerprint density at radius 3 is 2.17 bits per heavy atom. The first-order valence-corrected chi connectivity index (χ1v) is 11.3. The van der Waals surface area contributed by atoms with E-state index < -0.39 is 20.3 Å². The fourth-order valence-electron chi connectivity index (χ4n) is 1.73. The minimum absolute atomic E-state index is 0.000554. The molecule has 0 saturated heterocycles. The molecule has 1 atom stereocenters. The minimum atomic E-state index is -3.51.